The molecule has 0 radical (unpaired) electrons. The zero-order chi connectivity index (χ0) is 18.2. The quantitative estimate of drug-likeness (QED) is 0.645. The van der Waals surface area contributed by atoms with Crippen LogP contribution < -0.4 is 20.1 Å². The van der Waals surface area contributed by atoms with Crippen LogP contribution in [0.3, 0.4) is 0 Å². The third-order valence-electron chi connectivity index (χ3n) is 3.93. The summed E-state index contributed by atoms with van der Waals surface area (Å²) in [5, 5.41) is 14.9. The number of ether oxygens (including phenoxy) is 2. The number of nitrogens with zero attached hydrogens (tertiary/aromatic N) is 2. The fourth-order valence-corrected chi connectivity index (χ4v) is 2.39. The lowest BCUT2D eigenvalue weighted by atomic mass is 10.2. The average Bonchev–Trinajstić information content (AvgIpc) is 2.72. The van der Waals surface area contributed by atoms with Gasteiger partial charge in [0.05, 0.1) is 14.2 Å². The van der Waals surface area contributed by atoms with Crippen molar-refractivity contribution in [2.24, 2.45) is 0 Å². The Bertz CT molecular complexity index is 732. The molecule has 3 rings (SSSR count). The summed E-state index contributed by atoms with van der Waals surface area (Å²) in [5.41, 5.74) is 2.30. The topological polar surface area (TPSA) is 68.3 Å². The number of anilines is 2. The summed E-state index contributed by atoms with van der Waals surface area (Å²) in [4.78, 5) is 0. The van der Waals surface area contributed by atoms with E-state index < -0.39 is 0 Å². The van der Waals surface area contributed by atoms with Crippen LogP contribution in [0.4, 0.5) is 11.6 Å². The normalized spacial score (nSPS) is 10.2. The minimum absolute atomic E-state index is 0.678. The molecule has 6 heteroatoms. The molecule has 1 aromatic heterocycles. The van der Waals surface area contributed by atoms with Crippen molar-refractivity contribution in [3.63, 3.8) is 0 Å². The summed E-state index contributed by atoms with van der Waals surface area (Å²) in [5.74, 6) is 3.16. The Balaban J connectivity index is 1.49. The van der Waals surface area contributed by atoms with Crippen LogP contribution in [0.25, 0.3) is 0 Å². The second-order valence-electron chi connectivity index (χ2n) is 5.71. The van der Waals surface area contributed by atoms with Gasteiger partial charge in [-0.3, -0.25) is 0 Å². The predicted octanol–water partition coefficient (Wildman–Crippen LogP) is 3.72. The zero-order valence-electron chi connectivity index (χ0n) is 14.9. The summed E-state index contributed by atoms with van der Waals surface area (Å²) in [7, 11) is 3.32. The molecule has 0 spiro atoms. The van der Waals surface area contributed by atoms with Crippen molar-refractivity contribution >= 4 is 11.6 Å². The highest BCUT2D eigenvalue weighted by molar-refractivity contribution is 5.42. The van der Waals surface area contributed by atoms with Crippen molar-refractivity contribution < 1.29 is 9.47 Å². The van der Waals surface area contributed by atoms with Gasteiger partial charge in [0.1, 0.15) is 23.1 Å². The van der Waals surface area contributed by atoms with E-state index in [0.29, 0.717) is 13.1 Å². The zero-order valence-corrected chi connectivity index (χ0v) is 14.9. The van der Waals surface area contributed by atoms with Gasteiger partial charge in [-0.15, -0.1) is 10.2 Å². The predicted molar refractivity (Wildman–Crippen MR) is 103 cm³/mol. The van der Waals surface area contributed by atoms with Crippen LogP contribution in [0, 0.1) is 0 Å². The Morgan fingerprint density at radius 1 is 0.615 bits per heavy atom. The molecule has 0 fully saturated rings. The first-order valence-corrected chi connectivity index (χ1v) is 8.34. The SMILES string of the molecule is COc1ccc(CNc2ccc(NCc3ccc(OC)cc3)nn2)cc1. The monoisotopic (exact) mass is 350 g/mol. The van der Waals surface area contributed by atoms with Crippen LogP contribution >= 0.6 is 0 Å². The molecule has 0 saturated carbocycles. The maximum atomic E-state index is 5.16. The maximum Gasteiger partial charge on any atom is 0.149 e. The molecular weight excluding hydrogens is 328 g/mol. The van der Waals surface area contributed by atoms with Crippen molar-refractivity contribution in [1.29, 1.82) is 0 Å². The molecule has 0 aliphatic rings. The van der Waals surface area contributed by atoms with Crippen LogP contribution in [0.15, 0.2) is 60.7 Å². The Labute approximate surface area is 153 Å². The molecule has 0 saturated heterocycles. The van der Waals surface area contributed by atoms with Gasteiger partial charge in [-0.25, -0.2) is 0 Å². The van der Waals surface area contributed by atoms with Crippen molar-refractivity contribution in [2.45, 2.75) is 13.1 Å². The number of hydrogen-bond acceptors (Lipinski definition) is 6. The Morgan fingerprint density at radius 3 is 1.31 bits per heavy atom. The van der Waals surface area contributed by atoms with Gasteiger partial charge in [0.15, 0.2) is 0 Å². The number of methoxy groups -OCH3 is 2. The van der Waals surface area contributed by atoms with Crippen LogP contribution in [0.1, 0.15) is 11.1 Å². The van der Waals surface area contributed by atoms with E-state index in [1.165, 1.54) is 0 Å². The molecule has 134 valence electrons. The third kappa shape index (κ3) is 4.86. The van der Waals surface area contributed by atoms with Crippen LogP contribution in [0.2, 0.25) is 0 Å². The second-order valence-corrected chi connectivity index (χ2v) is 5.71. The van der Waals surface area contributed by atoms with Crippen LogP contribution in [-0.2, 0) is 13.1 Å². The lowest BCUT2D eigenvalue weighted by Gasteiger charge is -2.08. The van der Waals surface area contributed by atoms with E-state index in [2.05, 4.69) is 20.8 Å². The van der Waals surface area contributed by atoms with E-state index in [1.54, 1.807) is 14.2 Å². The summed E-state index contributed by atoms with van der Waals surface area (Å²) in [6.45, 7) is 1.36. The highest BCUT2D eigenvalue weighted by atomic mass is 16.5. The van der Waals surface area contributed by atoms with Gasteiger partial charge in [-0.05, 0) is 47.5 Å². The fraction of sp³-hybridized carbons (Fsp3) is 0.200. The van der Waals surface area contributed by atoms with Crippen LogP contribution in [0.5, 0.6) is 11.5 Å². The van der Waals surface area contributed by atoms with Crippen molar-refractivity contribution in [1.82, 2.24) is 10.2 Å². The highest BCUT2D eigenvalue weighted by Gasteiger charge is 2.00. The summed E-state index contributed by atoms with van der Waals surface area (Å²) in [6, 6.07) is 19.6. The first kappa shape index (κ1) is 17.5. The van der Waals surface area contributed by atoms with E-state index in [9.17, 15) is 0 Å². The van der Waals surface area contributed by atoms with Gasteiger partial charge in [-0.1, -0.05) is 24.3 Å². The van der Waals surface area contributed by atoms with Crippen molar-refractivity contribution in [2.75, 3.05) is 24.9 Å². The molecule has 0 bridgehead atoms. The standard InChI is InChI=1S/C20H22N4O2/c1-25-17-7-3-15(4-8-17)13-21-19-11-12-20(24-23-19)22-14-16-5-9-18(26-2)10-6-16/h3-12H,13-14H2,1-2H3,(H,21,23)(H,22,24). The van der Waals surface area contributed by atoms with Gasteiger partial charge >= 0.3 is 0 Å². The van der Waals surface area contributed by atoms with Gasteiger partial charge < -0.3 is 20.1 Å². The molecule has 0 unspecified atom stereocenters. The van der Waals surface area contributed by atoms with Crippen LogP contribution in [-0.4, -0.2) is 24.4 Å². The van der Waals surface area contributed by atoms with E-state index in [-0.39, 0.29) is 0 Å². The number of hydrogen-bond donors (Lipinski definition) is 2. The molecule has 26 heavy (non-hydrogen) atoms. The maximum absolute atomic E-state index is 5.16. The smallest absolute Gasteiger partial charge is 0.149 e. The van der Waals surface area contributed by atoms with E-state index in [1.807, 2.05) is 60.7 Å². The molecule has 0 aliphatic heterocycles. The Kier molecular flexibility index (Phi) is 5.88. The van der Waals surface area contributed by atoms with E-state index >= 15 is 0 Å². The molecule has 2 N–H and O–H groups in total. The molecule has 6 nitrogen and oxygen atoms in total. The molecule has 3 aromatic rings. The molecule has 0 atom stereocenters. The first-order valence-electron chi connectivity index (χ1n) is 8.34. The van der Waals surface area contributed by atoms with E-state index in [4.69, 9.17) is 9.47 Å². The third-order valence-corrected chi connectivity index (χ3v) is 3.93. The summed E-state index contributed by atoms with van der Waals surface area (Å²) in [6.07, 6.45) is 0. The minimum atomic E-state index is 0.678. The summed E-state index contributed by atoms with van der Waals surface area (Å²) >= 11 is 0. The first-order chi connectivity index (χ1) is 12.8. The van der Waals surface area contributed by atoms with Crippen molar-refractivity contribution in [3.8, 4) is 11.5 Å². The number of rotatable bonds is 8. The van der Waals surface area contributed by atoms with Gasteiger partial charge in [0.2, 0.25) is 0 Å². The lowest BCUT2D eigenvalue weighted by molar-refractivity contribution is 0.414. The second kappa shape index (κ2) is 8.71. The number of benzene rings is 2. The summed E-state index contributed by atoms with van der Waals surface area (Å²) < 4.78 is 10.3. The van der Waals surface area contributed by atoms with E-state index in [0.717, 1.165) is 34.3 Å². The highest BCUT2D eigenvalue weighted by Crippen LogP contribution is 2.14. The van der Waals surface area contributed by atoms with Crippen molar-refractivity contribution in [3.05, 3.63) is 71.8 Å². The molecule has 2 aromatic carbocycles. The lowest BCUT2D eigenvalue weighted by Crippen LogP contribution is -2.05. The Morgan fingerprint density at radius 2 is 1.00 bits per heavy atom. The number of aromatic nitrogens is 2. The largest absolute Gasteiger partial charge is 0.497 e. The molecule has 0 aliphatic carbocycles. The average molecular weight is 350 g/mol. The minimum Gasteiger partial charge on any atom is -0.497 e. The van der Waals surface area contributed by atoms with Gasteiger partial charge in [0, 0.05) is 13.1 Å². The van der Waals surface area contributed by atoms with Gasteiger partial charge in [0.25, 0.3) is 0 Å². The molecular formula is C20H22N4O2. The fourth-order valence-electron chi connectivity index (χ4n) is 2.39. The molecule has 1 heterocycles. The Hall–Kier alpha value is -3.28. The molecule has 0 amide bonds. The number of nitrogens with one attached hydrogen (secondary N) is 2. The van der Waals surface area contributed by atoms with Gasteiger partial charge in [-0.2, -0.15) is 0 Å².